The molecule has 0 radical (unpaired) electrons. The van der Waals surface area contributed by atoms with Crippen LogP contribution in [0.1, 0.15) is 24.1 Å². The molecular formula is C10H12ClN5S. The van der Waals surface area contributed by atoms with Crippen molar-refractivity contribution in [2.75, 3.05) is 0 Å². The van der Waals surface area contributed by atoms with Crippen molar-refractivity contribution in [3.8, 4) is 0 Å². The molecule has 7 heteroatoms. The van der Waals surface area contributed by atoms with Crippen LogP contribution in [-0.2, 0) is 6.42 Å². The van der Waals surface area contributed by atoms with Gasteiger partial charge in [0, 0.05) is 12.0 Å². The van der Waals surface area contributed by atoms with Gasteiger partial charge in [-0.05, 0) is 25.6 Å². The highest BCUT2D eigenvalue weighted by molar-refractivity contribution is 7.99. The number of hydrogen-bond acceptors (Lipinski definition) is 5. The van der Waals surface area contributed by atoms with E-state index in [1.54, 1.807) is 0 Å². The molecule has 0 amide bonds. The van der Waals surface area contributed by atoms with Crippen molar-refractivity contribution in [1.29, 1.82) is 0 Å². The molecule has 0 aliphatic carbocycles. The number of hydrogen-bond donors (Lipinski definition) is 1. The van der Waals surface area contributed by atoms with Crippen LogP contribution in [0.3, 0.4) is 0 Å². The summed E-state index contributed by atoms with van der Waals surface area (Å²) in [5, 5.41) is 8.79. The largest absolute Gasteiger partial charge is 0.262 e. The summed E-state index contributed by atoms with van der Waals surface area (Å²) in [4.78, 5) is 12.8. The molecule has 0 unspecified atom stereocenters. The highest BCUT2D eigenvalue weighted by Gasteiger charge is 2.12. The first-order chi connectivity index (χ1) is 8.10. The van der Waals surface area contributed by atoms with Crippen LogP contribution in [0.4, 0.5) is 0 Å². The second-order valence-electron chi connectivity index (χ2n) is 3.52. The Bertz CT molecular complexity index is 539. The number of aromatic amines is 1. The van der Waals surface area contributed by atoms with E-state index >= 15 is 0 Å². The fourth-order valence-electron chi connectivity index (χ4n) is 1.22. The van der Waals surface area contributed by atoms with Crippen LogP contribution in [0.2, 0.25) is 5.15 Å². The van der Waals surface area contributed by atoms with Crippen molar-refractivity contribution in [3.05, 3.63) is 22.4 Å². The van der Waals surface area contributed by atoms with E-state index in [0.29, 0.717) is 10.3 Å². The van der Waals surface area contributed by atoms with Gasteiger partial charge in [0.15, 0.2) is 0 Å². The fourth-order valence-corrected chi connectivity index (χ4v) is 2.31. The number of halogens is 1. The molecule has 2 heterocycles. The second-order valence-corrected chi connectivity index (χ2v) is 4.83. The summed E-state index contributed by atoms with van der Waals surface area (Å²) in [5.41, 5.74) is 0.858. The minimum Gasteiger partial charge on any atom is -0.262 e. The Hall–Kier alpha value is -1.14. The smallest absolute Gasteiger partial charge is 0.214 e. The van der Waals surface area contributed by atoms with Gasteiger partial charge in [-0.1, -0.05) is 18.5 Å². The van der Waals surface area contributed by atoms with Crippen molar-refractivity contribution in [2.45, 2.75) is 37.4 Å². The minimum absolute atomic E-state index is 0.492. The van der Waals surface area contributed by atoms with Crippen molar-refractivity contribution >= 4 is 23.4 Å². The first kappa shape index (κ1) is 12.3. The van der Waals surface area contributed by atoms with Crippen LogP contribution in [-0.4, -0.2) is 25.1 Å². The van der Waals surface area contributed by atoms with Gasteiger partial charge in [0.1, 0.15) is 21.8 Å². The zero-order chi connectivity index (χ0) is 12.4. The van der Waals surface area contributed by atoms with Gasteiger partial charge in [-0.15, -0.1) is 5.10 Å². The molecule has 2 rings (SSSR count). The number of nitrogens with zero attached hydrogens (tertiary/aromatic N) is 4. The van der Waals surface area contributed by atoms with E-state index in [4.69, 9.17) is 11.6 Å². The lowest BCUT2D eigenvalue weighted by molar-refractivity contribution is 0.867. The first-order valence-corrected chi connectivity index (χ1v) is 6.39. The molecule has 0 aliphatic heterocycles. The van der Waals surface area contributed by atoms with Gasteiger partial charge < -0.3 is 0 Å². The molecule has 0 atom stereocenters. The maximum absolute atomic E-state index is 6.06. The van der Waals surface area contributed by atoms with E-state index in [2.05, 4.69) is 25.1 Å². The van der Waals surface area contributed by atoms with Gasteiger partial charge in [0.2, 0.25) is 5.16 Å². The maximum atomic E-state index is 6.06. The maximum Gasteiger partial charge on any atom is 0.214 e. The number of aryl methyl sites for hydroxylation is 2. The average molecular weight is 270 g/mol. The molecule has 5 nitrogen and oxygen atoms in total. The Morgan fingerprint density at radius 1 is 1.24 bits per heavy atom. The van der Waals surface area contributed by atoms with Gasteiger partial charge in [-0.25, -0.2) is 15.0 Å². The molecule has 90 valence electrons. The molecule has 0 saturated carbocycles. The van der Waals surface area contributed by atoms with E-state index in [0.717, 1.165) is 28.7 Å². The highest BCUT2D eigenvalue weighted by Crippen LogP contribution is 2.28. The Morgan fingerprint density at radius 3 is 2.59 bits per heavy atom. The molecule has 0 aromatic carbocycles. The van der Waals surface area contributed by atoms with Gasteiger partial charge in [-0.2, -0.15) is 0 Å². The molecule has 0 bridgehead atoms. The first-order valence-electron chi connectivity index (χ1n) is 5.20. The van der Waals surface area contributed by atoms with E-state index < -0.39 is 0 Å². The minimum atomic E-state index is 0.492. The molecule has 0 aliphatic rings. The summed E-state index contributed by atoms with van der Waals surface area (Å²) in [6.45, 7) is 5.74. The van der Waals surface area contributed by atoms with Crippen LogP contribution in [0, 0.1) is 13.8 Å². The SMILES string of the molecule is CCc1nc(Cl)c(C)c(Sc2n[nH]c(C)n2)n1. The third-order valence-electron chi connectivity index (χ3n) is 2.17. The van der Waals surface area contributed by atoms with E-state index in [1.165, 1.54) is 11.8 Å². The fraction of sp³-hybridized carbons (Fsp3) is 0.400. The molecule has 17 heavy (non-hydrogen) atoms. The van der Waals surface area contributed by atoms with Gasteiger partial charge in [0.25, 0.3) is 0 Å². The number of nitrogens with one attached hydrogen (secondary N) is 1. The van der Waals surface area contributed by atoms with Crippen LogP contribution < -0.4 is 0 Å². The summed E-state index contributed by atoms with van der Waals surface area (Å²) in [5.74, 6) is 1.51. The van der Waals surface area contributed by atoms with Crippen LogP contribution in [0.5, 0.6) is 0 Å². The Kier molecular flexibility index (Phi) is 3.63. The van der Waals surface area contributed by atoms with Crippen LogP contribution in [0.25, 0.3) is 0 Å². The normalized spacial score (nSPS) is 10.8. The summed E-state index contributed by atoms with van der Waals surface area (Å²) in [6.07, 6.45) is 0.751. The predicted molar refractivity (Wildman–Crippen MR) is 66.4 cm³/mol. The number of aromatic nitrogens is 5. The topological polar surface area (TPSA) is 67.3 Å². The monoisotopic (exact) mass is 269 g/mol. The van der Waals surface area contributed by atoms with Crippen molar-refractivity contribution < 1.29 is 0 Å². The Morgan fingerprint density at radius 2 is 2.00 bits per heavy atom. The lowest BCUT2D eigenvalue weighted by atomic mass is 10.3. The van der Waals surface area contributed by atoms with E-state index in [-0.39, 0.29) is 0 Å². The van der Waals surface area contributed by atoms with Gasteiger partial charge in [-0.3, -0.25) is 5.10 Å². The zero-order valence-corrected chi connectivity index (χ0v) is 11.4. The van der Waals surface area contributed by atoms with E-state index in [1.807, 2.05) is 20.8 Å². The predicted octanol–water partition coefficient (Wildman–Crippen LogP) is 2.58. The third kappa shape index (κ3) is 2.76. The summed E-state index contributed by atoms with van der Waals surface area (Å²) < 4.78 is 0. The summed E-state index contributed by atoms with van der Waals surface area (Å²) >= 11 is 7.45. The summed E-state index contributed by atoms with van der Waals surface area (Å²) in [7, 11) is 0. The van der Waals surface area contributed by atoms with Crippen molar-refractivity contribution in [2.24, 2.45) is 0 Å². The molecule has 0 fully saturated rings. The van der Waals surface area contributed by atoms with Gasteiger partial charge >= 0.3 is 0 Å². The van der Waals surface area contributed by atoms with E-state index in [9.17, 15) is 0 Å². The zero-order valence-electron chi connectivity index (χ0n) is 9.78. The average Bonchev–Trinajstić information content (AvgIpc) is 2.70. The lowest BCUT2D eigenvalue weighted by Gasteiger charge is -2.05. The number of H-pyrrole nitrogens is 1. The highest BCUT2D eigenvalue weighted by atomic mass is 35.5. The lowest BCUT2D eigenvalue weighted by Crippen LogP contribution is -1.98. The van der Waals surface area contributed by atoms with Crippen LogP contribution in [0.15, 0.2) is 10.2 Å². The molecule has 1 N–H and O–H groups in total. The molecular weight excluding hydrogens is 258 g/mol. The van der Waals surface area contributed by atoms with Crippen molar-refractivity contribution in [3.63, 3.8) is 0 Å². The Labute approximate surface area is 108 Å². The third-order valence-corrected chi connectivity index (χ3v) is 3.49. The Balaban J connectivity index is 2.34. The number of rotatable bonds is 3. The quantitative estimate of drug-likeness (QED) is 0.868. The van der Waals surface area contributed by atoms with Crippen molar-refractivity contribution in [1.82, 2.24) is 25.1 Å². The molecule has 2 aromatic rings. The standard InChI is InChI=1S/C10H12ClN5S/c1-4-7-13-8(11)5(2)9(14-7)17-10-12-6(3)15-16-10/h4H2,1-3H3,(H,12,15,16). The second kappa shape index (κ2) is 5.01. The molecule has 0 saturated heterocycles. The summed E-state index contributed by atoms with van der Waals surface area (Å²) in [6, 6.07) is 0. The van der Waals surface area contributed by atoms with Crippen LogP contribution >= 0.6 is 23.4 Å². The van der Waals surface area contributed by atoms with Gasteiger partial charge in [0.05, 0.1) is 0 Å². The molecule has 2 aromatic heterocycles. The molecule has 0 spiro atoms.